The predicted molar refractivity (Wildman–Crippen MR) is 144 cm³/mol. The van der Waals surface area contributed by atoms with Gasteiger partial charge in [-0.25, -0.2) is 0 Å². The molecule has 0 aromatic heterocycles. The number of ether oxygens (including phenoxy) is 3. The monoisotopic (exact) mass is 524 g/mol. The van der Waals surface area contributed by atoms with Crippen LogP contribution in [-0.4, -0.2) is 48.0 Å². The van der Waals surface area contributed by atoms with Crippen molar-refractivity contribution in [1.82, 2.24) is 5.32 Å². The summed E-state index contributed by atoms with van der Waals surface area (Å²) in [5, 5.41) is 23.8. The van der Waals surface area contributed by atoms with Gasteiger partial charge in [0.1, 0.15) is 17.9 Å². The Kier molecular flexibility index (Phi) is 7.30. The zero-order chi connectivity index (χ0) is 27.5. The predicted octanol–water partition coefficient (Wildman–Crippen LogP) is 2.95. The second-order valence-corrected chi connectivity index (χ2v) is 9.97. The first-order valence-corrected chi connectivity index (χ1v) is 12.4. The van der Waals surface area contributed by atoms with Crippen molar-refractivity contribution in [1.29, 1.82) is 0 Å². The number of aliphatic hydroxyl groups is 1. The van der Waals surface area contributed by atoms with Crippen molar-refractivity contribution in [3.63, 3.8) is 0 Å². The van der Waals surface area contributed by atoms with E-state index < -0.39 is 24.0 Å². The molecule has 198 valence electrons. The minimum atomic E-state index is -1.65. The van der Waals surface area contributed by atoms with Gasteiger partial charge in [-0.15, -0.1) is 0 Å². The second kappa shape index (κ2) is 10.8. The Morgan fingerprint density at radius 2 is 1.38 bits per heavy atom. The minimum Gasteiger partial charge on any atom is -0.508 e. The summed E-state index contributed by atoms with van der Waals surface area (Å²) in [6.45, 7) is 3.05. The third kappa shape index (κ3) is 5.91. The van der Waals surface area contributed by atoms with E-state index in [1.165, 1.54) is 12.1 Å². The highest BCUT2D eigenvalue weighted by atomic mass is 16.9. The number of benzene rings is 3. The lowest BCUT2D eigenvalue weighted by Crippen LogP contribution is -2.68. The van der Waals surface area contributed by atoms with Crippen LogP contribution in [0.3, 0.4) is 0 Å². The van der Waals surface area contributed by atoms with Crippen LogP contribution in [0.4, 0.5) is 5.69 Å². The van der Waals surface area contributed by atoms with Crippen LogP contribution in [0.2, 0.25) is 0 Å². The van der Waals surface area contributed by atoms with Crippen molar-refractivity contribution in [3.05, 3.63) is 95.1 Å². The van der Waals surface area contributed by atoms with E-state index >= 15 is 0 Å². The molecule has 3 saturated heterocycles. The SMILES string of the molecule is CC12COC([C@@H](NC(=O)c3ccc(C#CC#Cc4ccc(N)cc4)cc3)[C@H](O)c3ccc(O)cc3)(OC1)OC2. The number of nitrogens with one attached hydrogen (secondary N) is 1. The molecule has 2 bridgehead atoms. The number of amides is 1. The molecule has 5 N–H and O–H groups in total. The summed E-state index contributed by atoms with van der Waals surface area (Å²) in [6.07, 6.45) is -1.25. The number of carbonyl (C=O) groups is 1. The maximum Gasteiger partial charge on any atom is 0.307 e. The quantitative estimate of drug-likeness (QED) is 0.299. The molecule has 6 rings (SSSR count). The molecule has 3 aliphatic heterocycles. The summed E-state index contributed by atoms with van der Waals surface area (Å²) >= 11 is 0. The van der Waals surface area contributed by atoms with Gasteiger partial charge >= 0.3 is 5.97 Å². The van der Waals surface area contributed by atoms with Gasteiger partial charge in [0.2, 0.25) is 0 Å². The van der Waals surface area contributed by atoms with Crippen LogP contribution in [-0.2, 0) is 14.2 Å². The zero-order valence-corrected chi connectivity index (χ0v) is 21.3. The molecule has 0 radical (unpaired) electrons. The maximum atomic E-state index is 13.3. The first-order chi connectivity index (χ1) is 18.8. The molecule has 3 aromatic carbocycles. The van der Waals surface area contributed by atoms with Gasteiger partial charge in [-0.3, -0.25) is 4.79 Å². The Balaban J connectivity index is 1.32. The van der Waals surface area contributed by atoms with Crippen LogP contribution in [0.25, 0.3) is 0 Å². The van der Waals surface area contributed by atoms with Crippen molar-refractivity contribution in [2.75, 3.05) is 25.6 Å². The fraction of sp³-hybridized carbons (Fsp3) is 0.258. The van der Waals surface area contributed by atoms with Crippen molar-refractivity contribution >= 4 is 11.6 Å². The normalized spacial score (nSPS) is 22.9. The number of hydrogen-bond acceptors (Lipinski definition) is 7. The van der Waals surface area contributed by atoms with Crippen molar-refractivity contribution in [2.45, 2.75) is 25.0 Å². The number of rotatable bonds is 5. The molecule has 0 aliphatic carbocycles. The van der Waals surface area contributed by atoms with Gasteiger partial charge in [0.05, 0.1) is 19.8 Å². The molecule has 8 heteroatoms. The van der Waals surface area contributed by atoms with Gasteiger partial charge in [-0.1, -0.05) is 30.9 Å². The zero-order valence-electron chi connectivity index (χ0n) is 21.3. The van der Waals surface area contributed by atoms with E-state index in [4.69, 9.17) is 19.9 Å². The summed E-state index contributed by atoms with van der Waals surface area (Å²) in [5.74, 6) is 9.45. The molecule has 1 amide bonds. The average Bonchev–Trinajstić information content (AvgIpc) is 2.96. The van der Waals surface area contributed by atoms with Gasteiger partial charge in [0.25, 0.3) is 5.91 Å². The smallest absolute Gasteiger partial charge is 0.307 e. The Bertz CT molecular complexity index is 1440. The standard InChI is InChI=1S/C31H28N2O6/c1-30-18-37-31(38-19-30,39-20-30)28(27(35)23-12-16-26(34)17-13-23)33-29(36)24-10-6-21(7-11-24)4-2-3-5-22-8-14-25(32)15-9-22/h6-17,27-28,34-35H,18-20,32H2,1H3,(H,33,36)/t27-,28+,30?,31?/m1/s1. The van der Waals surface area contributed by atoms with Crippen LogP contribution in [0.5, 0.6) is 5.75 Å². The van der Waals surface area contributed by atoms with Gasteiger partial charge < -0.3 is 35.5 Å². The number of phenolic OH excluding ortho intramolecular Hbond substituents is 1. The van der Waals surface area contributed by atoms with Crippen LogP contribution in [0, 0.1) is 29.1 Å². The lowest BCUT2D eigenvalue weighted by molar-refractivity contribution is -0.478. The fourth-order valence-electron chi connectivity index (χ4n) is 4.27. The topological polar surface area (TPSA) is 123 Å². The first-order valence-electron chi connectivity index (χ1n) is 12.4. The number of aromatic hydroxyl groups is 1. The Hall–Kier alpha value is -4.31. The number of nitrogens with two attached hydrogens (primary N) is 1. The number of carbonyl (C=O) groups excluding carboxylic acids is 1. The number of fused-ring (bicyclic) bond motifs is 3. The lowest BCUT2D eigenvalue weighted by Gasteiger charge is -2.53. The van der Waals surface area contributed by atoms with E-state index in [1.54, 1.807) is 48.5 Å². The summed E-state index contributed by atoms with van der Waals surface area (Å²) in [6, 6.07) is 18.8. The molecule has 0 saturated carbocycles. The van der Waals surface area contributed by atoms with E-state index in [9.17, 15) is 15.0 Å². The number of hydrogen-bond donors (Lipinski definition) is 4. The molecule has 0 unspecified atom stereocenters. The molecule has 3 aromatic rings. The fourth-order valence-corrected chi connectivity index (χ4v) is 4.27. The summed E-state index contributed by atoms with van der Waals surface area (Å²) in [4.78, 5) is 13.3. The molecule has 8 nitrogen and oxygen atoms in total. The van der Waals surface area contributed by atoms with E-state index in [-0.39, 0.29) is 11.2 Å². The third-order valence-electron chi connectivity index (χ3n) is 6.62. The summed E-state index contributed by atoms with van der Waals surface area (Å²) in [5.41, 5.74) is 8.35. The van der Waals surface area contributed by atoms with Gasteiger partial charge in [-0.05, 0) is 78.1 Å². The van der Waals surface area contributed by atoms with Crippen molar-refractivity contribution in [3.8, 4) is 29.4 Å². The highest BCUT2D eigenvalue weighted by Gasteiger charge is 2.57. The Labute approximate surface area is 226 Å². The van der Waals surface area contributed by atoms with E-state index in [1.807, 2.05) is 19.1 Å². The van der Waals surface area contributed by atoms with E-state index in [0.717, 1.165) is 5.56 Å². The molecule has 3 heterocycles. The first kappa shape index (κ1) is 26.3. The van der Waals surface area contributed by atoms with E-state index in [2.05, 4.69) is 29.0 Å². The number of nitrogen functional groups attached to an aromatic ring is 1. The minimum absolute atomic E-state index is 0.0546. The molecular formula is C31H28N2O6. The van der Waals surface area contributed by atoms with Crippen LogP contribution >= 0.6 is 0 Å². The highest BCUT2D eigenvalue weighted by molar-refractivity contribution is 5.94. The molecule has 2 atom stereocenters. The van der Waals surface area contributed by atoms with Crippen LogP contribution in [0.15, 0.2) is 72.8 Å². The number of anilines is 1. The molecule has 3 fully saturated rings. The molecule has 0 spiro atoms. The average molecular weight is 525 g/mol. The number of phenols is 1. The van der Waals surface area contributed by atoms with Gasteiger partial charge in [0.15, 0.2) is 0 Å². The second-order valence-electron chi connectivity index (χ2n) is 9.97. The van der Waals surface area contributed by atoms with Crippen LogP contribution < -0.4 is 11.1 Å². The van der Waals surface area contributed by atoms with Crippen molar-refractivity contribution in [2.24, 2.45) is 5.41 Å². The third-order valence-corrected chi connectivity index (χ3v) is 6.62. The van der Waals surface area contributed by atoms with Gasteiger partial charge in [-0.2, -0.15) is 0 Å². The van der Waals surface area contributed by atoms with Gasteiger partial charge in [0, 0.05) is 27.8 Å². The van der Waals surface area contributed by atoms with E-state index in [0.29, 0.717) is 42.2 Å². The molecular weight excluding hydrogens is 496 g/mol. The Morgan fingerprint density at radius 1 is 0.872 bits per heavy atom. The maximum absolute atomic E-state index is 13.3. The highest BCUT2D eigenvalue weighted by Crippen LogP contribution is 2.42. The van der Waals surface area contributed by atoms with Crippen molar-refractivity contribution < 1.29 is 29.2 Å². The summed E-state index contributed by atoms with van der Waals surface area (Å²) < 4.78 is 17.8. The largest absolute Gasteiger partial charge is 0.508 e. The summed E-state index contributed by atoms with van der Waals surface area (Å²) in [7, 11) is 0. The number of aliphatic hydroxyl groups excluding tert-OH is 1. The Morgan fingerprint density at radius 3 is 1.92 bits per heavy atom. The lowest BCUT2D eigenvalue weighted by atomic mass is 9.89. The molecule has 39 heavy (non-hydrogen) atoms. The molecule has 3 aliphatic rings. The van der Waals surface area contributed by atoms with Crippen LogP contribution in [0.1, 0.15) is 40.1 Å².